The third kappa shape index (κ3) is 5.92. The number of nitrogens with zero attached hydrogens (tertiary/aromatic N) is 1. The van der Waals surface area contributed by atoms with E-state index in [9.17, 15) is 9.59 Å². The van der Waals surface area contributed by atoms with Gasteiger partial charge in [-0.3, -0.25) is 9.59 Å². The summed E-state index contributed by atoms with van der Waals surface area (Å²) < 4.78 is 0. The van der Waals surface area contributed by atoms with Gasteiger partial charge in [-0.15, -0.1) is 11.8 Å². The van der Waals surface area contributed by atoms with E-state index in [1.54, 1.807) is 18.3 Å². The van der Waals surface area contributed by atoms with Crippen molar-refractivity contribution in [1.29, 1.82) is 0 Å². The first-order valence-corrected chi connectivity index (χ1v) is 8.42. The molecule has 0 radical (unpaired) electrons. The normalized spacial score (nSPS) is 10.2. The minimum Gasteiger partial charge on any atom is -0.325 e. The lowest BCUT2D eigenvalue weighted by atomic mass is 10.2. The van der Waals surface area contributed by atoms with E-state index in [0.29, 0.717) is 5.69 Å². The first-order valence-electron chi connectivity index (χ1n) is 6.89. The Morgan fingerprint density at radius 2 is 1.74 bits per heavy atom. The second-order valence-corrected chi connectivity index (χ2v) is 6.14. The lowest BCUT2D eigenvalue weighted by Gasteiger charge is -2.07. The van der Waals surface area contributed by atoms with Crippen molar-refractivity contribution in [2.24, 2.45) is 0 Å². The molecule has 2 aromatic rings. The Balaban J connectivity index is 1.72. The molecule has 2 N–H and O–H groups in total. The molecule has 2 amide bonds. The molecule has 1 aromatic carbocycles. The fourth-order valence-corrected chi connectivity index (χ4v) is 2.52. The van der Waals surface area contributed by atoms with E-state index < -0.39 is 0 Å². The van der Waals surface area contributed by atoms with Crippen molar-refractivity contribution >= 4 is 46.6 Å². The van der Waals surface area contributed by atoms with Gasteiger partial charge in [0.25, 0.3) is 0 Å². The van der Waals surface area contributed by atoms with Crippen LogP contribution in [0.25, 0.3) is 0 Å². The van der Waals surface area contributed by atoms with Gasteiger partial charge in [0.1, 0.15) is 0 Å². The van der Waals surface area contributed by atoms with Crippen molar-refractivity contribution in [3.8, 4) is 0 Å². The molecule has 0 atom stereocenters. The molecule has 0 aliphatic heterocycles. The van der Waals surface area contributed by atoms with Crippen LogP contribution >= 0.6 is 23.4 Å². The number of thioether (sulfide) groups is 1. The summed E-state index contributed by atoms with van der Waals surface area (Å²) in [6, 6.07) is 10.9. The van der Waals surface area contributed by atoms with Crippen molar-refractivity contribution in [2.45, 2.75) is 6.92 Å². The minimum atomic E-state index is -0.229. The molecule has 5 nitrogen and oxygen atoms in total. The molecule has 23 heavy (non-hydrogen) atoms. The van der Waals surface area contributed by atoms with Gasteiger partial charge in [-0.2, -0.15) is 0 Å². The molecule has 0 aliphatic carbocycles. The third-order valence-electron chi connectivity index (χ3n) is 2.83. The number of rotatable bonds is 6. The van der Waals surface area contributed by atoms with E-state index in [1.165, 1.54) is 11.8 Å². The molecule has 0 unspecified atom stereocenters. The van der Waals surface area contributed by atoms with Gasteiger partial charge in [-0.1, -0.05) is 29.3 Å². The summed E-state index contributed by atoms with van der Waals surface area (Å²) in [6.07, 6.45) is 1.54. The molecule has 1 heterocycles. The van der Waals surface area contributed by atoms with Crippen LogP contribution in [-0.2, 0) is 9.59 Å². The van der Waals surface area contributed by atoms with Crippen LogP contribution in [0, 0.1) is 6.92 Å². The number of hydrogen-bond donors (Lipinski definition) is 2. The summed E-state index contributed by atoms with van der Waals surface area (Å²) in [6.45, 7) is 1.98. The van der Waals surface area contributed by atoms with E-state index in [2.05, 4.69) is 15.6 Å². The van der Waals surface area contributed by atoms with Crippen molar-refractivity contribution in [1.82, 2.24) is 4.98 Å². The van der Waals surface area contributed by atoms with E-state index in [-0.39, 0.29) is 28.5 Å². The van der Waals surface area contributed by atoms with E-state index in [1.807, 2.05) is 31.2 Å². The van der Waals surface area contributed by atoms with Crippen LogP contribution in [0.3, 0.4) is 0 Å². The Morgan fingerprint density at radius 1 is 1.09 bits per heavy atom. The Hall–Kier alpha value is -2.05. The smallest absolute Gasteiger partial charge is 0.234 e. The molecule has 2 rings (SSSR count). The van der Waals surface area contributed by atoms with Crippen molar-refractivity contribution < 1.29 is 9.59 Å². The topological polar surface area (TPSA) is 71.1 Å². The van der Waals surface area contributed by atoms with Crippen LogP contribution < -0.4 is 10.6 Å². The summed E-state index contributed by atoms with van der Waals surface area (Å²) in [5.74, 6) is -0.0201. The van der Waals surface area contributed by atoms with Gasteiger partial charge in [0.15, 0.2) is 5.15 Å². The lowest BCUT2D eigenvalue weighted by molar-refractivity contribution is -0.114. The van der Waals surface area contributed by atoms with Gasteiger partial charge in [0.2, 0.25) is 11.8 Å². The molecule has 120 valence electrons. The quantitative estimate of drug-likeness (QED) is 0.784. The van der Waals surface area contributed by atoms with Crippen LogP contribution in [0.5, 0.6) is 0 Å². The number of nitrogens with one attached hydrogen (secondary N) is 2. The number of aromatic nitrogens is 1. The lowest BCUT2D eigenvalue weighted by Crippen LogP contribution is -2.18. The minimum absolute atomic E-state index is 0.147. The molecule has 7 heteroatoms. The highest BCUT2D eigenvalue weighted by Gasteiger charge is 2.08. The molecular weight excluding hydrogens is 334 g/mol. The maximum Gasteiger partial charge on any atom is 0.234 e. The number of pyridine rings is 1. The second kappa shape index (κ2) is 8.55. The fraction of sp³-hybridized carbons (Fsp3) is 0.188. The van der Waals surface area contributed by atoms with Crippen LogP contribution in [0.2, 0.25) is 5.15 Å². The number of aryl methyl sites for hydroxylation is 1. The van der Waals surface area contributed by atoms with Gasteiger partial charge in [0, 0.05) is 11.9 Å². The molecule has 0 saturated heterocycles. The summed E-state index contributed by atoms with van der Waals surface area (Å²) in [5, 5.41) is 5.67. The fourth-order valence-electron chi connectivity index (χ4n) is 1.74. The molecule has 0 bridgehead atoms. The van der Waals surface area contributed by atoms with Gasteiger partial charge in [-0.25, -0.2) is 4.98 Å². The second-order valence-electron chi connectivity index (χ2n) is 4.80. The summed E-state index contributed by atoms with van der Waals surface area (Å²) in [4.78, 5) is 27.5. The van der Waals surface area contributed by atoms with Crippen molar-refractivity contribution in [3.05, 3.63) is 53.3 Å². The molecule has 1 aromatic heterocycles. The standard InChI is InChI=1S/C16H16ClN3O2S/c1-11-4-6-12(7-5-11)19-14(21)9-23-10-15(22)20-13-3-2-8-18-16(13)17/h2-8H,9-10H2,1H3,(H,19,21)(H,20,22). The average Bonchev–Trinajstić information content (AvgIpc) is 2.52. The van der Waals surface area contributed by atoms with Crippen molar-refractivity contribution in [3.63, 3.8) is 0 Å². The first kappa shape index (κ1) is 17.3. The zero-order valence-corrected chi connectivity index (χ0v) is 14.1. The van der Waals surface area contributed by atoms with Gasteiger partial charge in [0.05, 0.1) is 17.2 Å². The average molecular weight is 350 g/mol. The number of benzene rings is 1. The van der Waals surface area contributed by atoms with E-state index in [0.717, 1.165) is 11.3 Å². The number of anilines is 2. The maximum atomic E-state index is 11.8. The largest absolute Gasteiger partial charge is 0.325 e. The number of carbonyl (C=O) groups excluding carboxylic acids is 2. The van der Waals surface area contributed by atoms with Crippen LogP contribution in [-0.4, -0.2) is 28.3 Å². The SMILES string of the molecule is Cc1ccc(NC(=O)CSCC(=O)Nc2cccnc2Cl)cc1. The first-order chi connectivity index (χ1) is 11.0. The summed E-state index contributed by atoms with van der Waals surface area (Å²) in [7, 11) is 0. The number of hydrogen-bond acceptors (Lipinski definition) is 4. The molecule has 0 fully saturated rings. The number of halogens is 1. The predicted molar refractivity (Wildman–Crippen MR) is 95.0 cm³/mol. The summed E-state index contributed by atoms with van der Waals surface area (Å²) >= 11 is 7.09. The van der Waals surface area contributed by atoms with Crippen LogP contribution in [0.4, 0.5) is 11.4 Å². The van der Waals surface area contributed by atoms with Crippen molar-refractivity contribution in [2.75, 3.05) is 22.1 Å². The number of amides is 2. The van der Waals surface area contributed by atoms with Crippen LogP contribution in [0.15, 0.2) is 42.6 Å². The molecule has 0 spiro atoms. The monoisotopic (exact) mass is 349 g/mol. The third-order valence-corrected chi connectivity index (χ3v) is 4.07. The van der Waals surface area contributed by atoms with Gasteiger partial charge in [-0.05, 0) is 31.2 Å². The maximum absolute atomic E-state index is 11.8. The molecule has 0 aliphatic rings. The number of carbonyl (C=O) groups is 2. The highest BCUT2D eigenvalue weighted by molar-refractivity contribution is 8.00. The van der Waals surface area contributed by atoms with Gasteiger partial charge >= 0.3 is 0 Å². The van der Waals surface area contributed by atoms with E-state index >= 15 is 0 Å². The van der Waals surface area contributed by atoms with Crippen LogP contribution in [0.1, 0.15) is 5.56 Å². The Labute approximate surface area is 143 Å². The Morgan fingerprint density at radius 3 is 2.39 bits per heavy atom. The van der Waals surface area contributed by atoms with E-state index in [4.69, 9.17) is 11.6 Å². The van der Waals surface area contributed by atoms with Gasteiger partial charge < -0.3 is 10.6 Å². The highest BCUT2D eigenvalue weighted by atomic mass is 35.5. The Bertz CT molecular complexity index is 692. The molecular formula is C16H16ClN3O2S. The highest BCUT2D eigenvalue weighted by Crippen LogP contribution is 2.17. The molecule has 0 saturated carbocycles. The summed E-state index contributed by atoms with van der Waals surface area (Å²) in [5.41, 5.74) is 2.33. The Kier molecular flexibility index (Phi) is 6.43. The zero-order valence-electron chi connectivity index (χ0n) is 12.5. The zero-order chi connectivity index (χ0) is 16.7. The predicted octanol–water partition coefficient (Wildman–Crippen LogP) is 3.35.